The number of rotatable bonds is 9. The summed E-state index contributed by atoms with van der Waals surface area (Å²) < 4.78 is 5.80. The van der Waals surface area contributed by atoms with E-state index in [9.17, 15) is 0 Å². The van der Waals surface area contributed by atoms with Crippen molar-refractivity contribution < 1.29 is 4.74 Å². The summed E-state index contributed by atoms with van der Waals surface area (Å²) in [6, 6.07) is 17.4. The Hall–Kier alpha value is -3.19. The van der Waals surface area contributed by atoms with Crippen LogP contribution in [0, 0.1) is 0 Å². The third kappa shape index (κ3) is 6.23. The predicted molar refractivity (Wildman–Crippen MR) is 108 cm³/mol. The summed E-state index contributed by atoms with van der Waals surface area (Å²) in [5.74, 6) is 2.73. The second-order valence-electron chi connectivity index (χ2n) is 6.31. The average Bonchev–Trinajstić information content (AvgIpc) is 2.68. The van der Waals surface area contributed by atoms with Crippen LogP contribution in [0.2, 0.25) is 0 Å². The molecule has 0 spiro atoms. The van der Waals surface area contributed by atoms with Gasteiger partial charge in [-0.3, -0.25) is 0 Å². The molecule has 0 bridgehead atoms. The molecule has 2 aromatic carbocycles. The number of anilines is 3. The molecular formula is C20H24N6O. The molecule has 7 nitrogen and oxygen atoms in total. The van der Waals surface area contributed by atoms with Gasteiger partial charge in [-0.05, 0) is 63.5 Å². The molecule has 1 aromatic heterocycles. The van der Waals surface area contributed by atoms with Crippen molar-refractivity contribution >= 4 is 17.5 Å². The maximum atomic E-state index is 5.80. The molecular weight excluding hydrogens is 340 g/mol. The molecule has 0 amide bonds. The number of nitrogens with one attached hydrogen (secondary N) is 2. The maximum absolute atomic E-state index is 5.80. The van der Waals surface area contributed by atoms with Crippen LogP contribution in [0.1, 0.15) is 6.42 Å². The molecule has 140 valence electrons. The minimum Gasteiger partial charge on any atom is -0.457 e. The molecule has 3 aromatic rings. The first-order valence-electron chi connectivity index (χ1n) is 8.87. The van der Waals surface area contributed by atoms with Gasteiger partial charge in [-0.15, -0.1) is 5.10 Å². The maximum Gasteiger partial charge on any atom is 0.244 e. The van der Waals surface area contributed by atoms with Gasteiger partial charge >= 0.3 is 0 Å². The molecule has 27 heavy (non-hydrogen) atoms. The standard InChI is InChI=1S/C20H24N6O/c1-26(2)14-6-13-21-20-24-19(15-22-25-20)23-16-9-11-18(12-10-16)27-17-7-4-3-5-8-17/h3-5,7-12,15H,6,13-14H2,1-2H3,(H2,21,23,24,25). The van der Waals surface area contributed by atoms with Gasteiger partial charge in [0.1, 0.15) is 11.5 Å². The first-order valence-corrected chi connectivity index (χ1v) is 8.87. The lowest BCUT2D eigenvalue weighted by Gasteiger charge is -2.10. The summed E-state index contributed by atoms with van der Waals surface area (Å²) in [6.07, 6.45) is 2.61. The lowest BCUT2D eigenvalue weighted by molar-refractivity contribution is 0.405. The number of nitrogens with zero attached hydrogens (tertiary/aromatic N) is 4. The lowest BCUT2D eigenvalue weighted by atomic mass is 10.3. The first-order chi connectivity index (χ1) is 13.2. The topological polar surface area (TPSA) is 75.2 Å². The Morgan fingerprint density at radius 2 is 1.70 bits per heavy atom. The number of aromatic nitrogens is 3. The van der Waals surface area contributed by atoms with Crippen LogP contribution in [0.25, 0.3) is 0 Å². The van der Waals surface area contributed by atoms with E-state index >= 15 is 0 Å². The minimum absolute atomic E-state index is 0.516. The normalized spacial score (nSPS) is 10.6. The van der Waals surface area contributed by atoms with Gasteiger partial charge in [0.05, 0.1) is 6.20 Å². The highest BCUT2D eigenvalue weighted by molar-refractivity contribution is 5.57. The number of hydrogen-bond acceptors (Lipinski definition) is 7. The molecule has 0 atom stereocenters. The Kier molecular flexibility index (Phi) is 6.54. The SMILES string of the molecule is CN(C)CCCNc1nncc(Nc2ccc(Oc3ccccc3)cc2)n1. The third-order valence-electron chi connectivity index (χ3n) is 3.73. The molecule has 0 unspecified atom stereocenters. The number of hydrogen-bond donors (Lipinski definition) is 2. The van der Waals surface area contributed by atoms with Gasteiger partial charge in [0.2, 0.25) is 5.95 Å². The van der Waals surface area contributed by atoms with E-state index in [1.807, 2.05) is 54.6 Å². The molecule has 7 heteroatoms. The van der Waals surface area contributed by atoms with Crippen molar-refractivity contribution in [2.24, 2.45) is 0 Å². The lowest BCUT2D eigenvalue weighted by Crippen LogP contribution is -2.17. The van der Waals surface area contributed by atoms with Crippen LogP contribution >= 0.6 is 0 Å². The molecule has 2 N–H and O–H groups in total. The van der Waals surface area contributed by atoms with Crippen molar-refractivity contribution in [1.29, 1.82) is 0 Å². The predicted octanol–water partition coefficient (Wildman–Crippen LogP) is 3.77. The van der Waals surface area contributed by atoms with Gasteiger partial charge < -0.3 is 20.3 Å². The minimum atomic E-state index is 0.516. The van der Waals surface area contributed by atoms with Crippen LogP contribution in [-0.4, -0.2) is 47.3 Å². The second kappa shape index (κ2) is 9.49. The zero-order chi connectivity index (χ0) is 18.9. The van der Waals surface area contributed by atoms with Crippen molar-refractivity contribution in [2.75, 3.05) is 37.8 Å². The van der Waals surface area contributed by atoms with E-state index in [1.54, 1.807) is 6.20 Å². The van der Waals surface area contributed by atoms with Crippen LogP contribution in [-0.2, 0) is 0 Å². The second-order valence-corrected chi connectivity index (χ2v) is 6.31. The zero-order valence-electron chi connectivity index (χ0n) is 15.6. The Labute approximate surface area is 159 Å². The van der Waals surface area contributed by atoms with E-state index in [0.29, 0.717) is 11.8 Å². The van der Waals surface area contributed by atoms with E-state index in [1.165, 1.54) is 0 Å². The molecule has 0 radical (unpaired) electrons. The summed E-state index contributed by atoms with van der Waals surface area (Å²) in [5.41, 5.74) is 0.898. The fourth-order valence-electron chi connectivity index (χ4n) is 2.41. The molecule has 0 aliphatic carbocycles. The molecule has 0 aliphatic rings. The summed E-state index contributed by atoms with van der Waals surface area (Å²) >= 11 is 0. The van der Waals surface area contributed by atoms with E-state index in [0.717, 1.165) is 36.7 Å². The summed E-state index contributed by atoms with van der Waals surface area (Å²) in [7, 11) is 4.11. The quantitative estimate of drug-likeness (QED) is 0.560. The smallest absolute Gasteiger partial charge is 0.244 e. The highest BCUT2D eigenvalue weighted by Gasteiger charge is 2.02. The third-order valence-corrected chi connectivity index (χ3v) is 3.73. The Balaban J connectivity index is 1.54. The first kappa shape index (κ1) is 18.6. The van der Waals surface area contributed by atoms with Crippen molar-refractivity contribution in [2.45, 2.75) is 6.42 Å². The van der Waals surface area contributed by atoms with Gasteiger partial charge in [-0.1, -0.05) is 18.2 Å². The molecule has 0 saturated carbocycles. The van der Waals surface area contributed by atoms with Gasteiger partial charge in [0, 0.05) is 12.2 Å². The van der Waals surface area contributed by atoms with Crippen molar-refractivity contribution in [3.8, 4) is 11.5 Å². The van der Waals surface area contributed by atoms with Crippen LogP contribution in [0.3, 0.4) is 0 Å². The molecule has 0 fully saturated rings. The van der Waals surface area contributed by atoms with Gasteiger partial charge in [-0.25, -0.2) is 0 Å². The molecule has 0 aliphatic heterocycles. The fraction of sp³-hybridized carbons (Fsp3) is 0.250. The average molecular weight is 364 g/mol. The largest absolute Gasteiger partial charge is 0.457 e. The van der Waals surface area contributed by atoms with Gasteiger partial charge in [-0.2, -0.15) is 10.1 Å². The highest BCUT2D eigenvalue weighted by atomic mass is 16.5. The monoisotopic (exact) mass is 364 g/mol. The summed E-state index contributed by atoms with van der Waals surface area (Å²) in [4.78, 5) is 6.58. The summed E-state index contributed by atoms with van der Waals surface area (Å²) in [6.45, 7) is 1.81. The fourth-order valence-corrected chi connectivity index (χ4v) is 2.41. The zero-order valence-corrected chi connectivity index (χ0v) is 15.6. The summed E-state index contributed by atoms with van der Waals surface area (Å²) in [5, 5.41) is 14.4. The number of benzene rings is 2. The van der Waals surface area contributed by atoms with Gasteiger partial charge in [0.15, 0.2) is 5.82 Å². The molecule has 3 rings (SSSR count). The van der Waals surface area contributed by atoms with Crippen molar-refractivity contribution in [3.05, 3.63) is 60.8 Å². The number of para-hydroxylation sites is 1. The van der Waals surface area contributed by atoms with Crippen LogP contribution in [0.5, 0.6) is 11.5 Å². The van der Waals surface area contributed by atoms with Crippen molar-refractivity contribution in [3.63, 3.8) is 0 Å². The van der Waals surface area contributed by atoms with Crippen LogP contribution < -0.4 is 15.4 Å². The van der Waals surface area contributed by atoms with Crippen LogP contribution in [0.4, 0.5) is 17.5 Å². The number of ether oxygens (including phenoxy) is 1. The Bertz CT molecular complexity index is 823. The highest BCUT2D eigenvalue weighted by Crippen LogP contribution is 2.23. The van der Waals surface area contributed by atoms with E-state index in [2.05, 4.69) is 44.8 Å². The molecule has 1 heterocycles. The molecule has 0 saturated heterocycles. The van der Waals surface area contributed by atoms with Crippen LogP contribution in [0.15, 0.2) is 60.8 Å². The van der Waals surface area contributed by atoms with Crippen molar-refractivity contribution in [1.82, 2.24) is 20.1 Å². The van der Waals surface area contributed by atoms with Gasteiger partial charge in [0.25, 0.3) is 0 Å². The Morgan fingerprint density at radius 1 is 0.963 bits per heavy atom. The van der Waals surface area contributed by atoms with E-state index < -0.39 is 0 Å². The van der Waals surface area contributed by atoms with E-state index in [-0.39, 0.29) is 0 Å². The van der Waals surface area contributed by atoms with E-state index in [4.69, 9.17) is 4.74 Å². The Morgan fingerprint density at radius 3 is 2.44 bits per heavy atom.